The van der Waals surface area contributed by atoms with Gasteiger partial charge in [-0.25, -0.2) is 5.43 Å². The Bertz CT molecular complexity index is 615. The molecule has 19 heavy (non-hydrogen) atoms. The van der Waals surface area contributed by atoms with E-state index in [-0.39, 0.29) is 5.91 Å². The second-order valence-electron chi connectivity index (χ2n) is 4.06. The van der Waals surface area contributed by atoms with Crippen LogP contribution in [0.1, 0.15) is 28.8 Å². The summed E-state index contributed by atoms with van der Waals surface area (Å²) >= 11 is 3.32. The van der Waals surface area contributed by atoms with E-state index in [9.17, 15) is 4.79 Å². The lowest BCUT2D eigenvalue weighted by atomic mass is 10.2. The first-order chi connectivity index (χ1) is 9.06. The fraction of sp³-hybridized carbons (Fsp3) is 0.143. The van der Waals surface area contributed by atoms with E-state index in [2.05, 4.69) is 26.5 Å². The summed E-state index contributed by atoms with van der Waals surface area (Å²) in [6.07, 6.45) is 0. The van der Waals surface area contributed by atoms with Gasteiger partial charge in [-0.1, -0.05) is 15.9 Å². The molecule has 98 valence electrons. The van der Waals surface area contributed by atoms with E-state index in [1.54, 1.807) is 31.2 Å². The highest BCUT2D eigenvalue weighted by molar-refractivity contribution is 9.10. The Kier molecular flexibility index (Phi) is 4.16. The van der Waals surface area contributed by atoms with E-state index in [0.717, 1.165) is 10.2 Å². The number of hydrogen-bond acceptors (Lipinski definition) is 3. The zero-order valence-electron chi connectivity index (χ0n) is 10.6. The van der Waals surface area contributed by atoms with Crippen molar-refractivity contribution >= 4 is 27.5 Å². The molecule has 0 atom stereocenters. The number of nitrogens with zero attached hydrogens (tertiary/aromatic N) is 1. The minimum absolute atomic E-state index is 0.255. The summed E-state index contributed by atoms with van der Waals surface area (Å²) in [6, 6.07) is 10.7. The van der Waals surface area contributed by atoms with E-state index in [4.69, 9.17) is 4.42 Å². The van der Waals surface area contributed by atoms with Crippen molar-refractivity contribution in [3.63, 3.8) is 0 Å². The molecule has 5 heteroatoms. The number of rotatable bonds is 3. The Morgan fingerprint density at radius 3 is 2.47 bits per heavy atom. The van der Waals surface area contributed by atoms with Gasteiger partial charge in [-0.2, -0.15) is 5.10 Å². The predicted octanol–water partition coefficient (Wildman–Crippen LogP) is 3.50. The van der Waals surface area contributed by atoms with Gasteiger partial charge in [0.25, 0.3) is 5.91 Å². The molecule has 0 aliphatic carbocycles. The number of amides is 1. The van der Waals surface area contributed by atoms with Gasteiger partial charge in [-0.3, -0.25) is 4.79 Å². The summed E-state index contributed by atoms with van der Waals surface area (Å²) < 4.78 is 6.34. The van der Waals surface area contributed by atoms with E-state index in [0.29, 0.717) is 17.0 Å². The third-order valence-corrected chi connectivity index (χ3v) is 3.06. The van der Waals surface area contributed by atoms with Crippen LogP contribution in [-0.2, 0) is 0 Å². The van der Waals surface area contributed by atoms with Crippen LogP contribution in [0.15, 0.2) is 50.4 Å². The molecule has 1 amide bonds. The van der Waals surface area contributed by atoms with Crippen molar-refractivity contribution in [2.24, 2.45) is 5.10 Å². The average Bonchev–Trinajstić information content (AvgIpc) is 2.83. The number of halogens is 1. The van der Waals surface area contributed by atoms with Crippen LogP contribution in [-0.4, -0.2) is 11.6 Å². The summed E-state index contributed by atoms with van der Waals surface area (Å²) in [7, 11) is 0. The van der Waals surface area contributed by atoms with Gasteiger partial charge < -0.3 is 4.42 Å². The molecule has 0 saturated heterocycles. The van der Waals surface area contributed by atoms with Gasteiger partial charge in [0.2, 0.25) is 0 Å². The molecule has 0 aliphatic heterocycles. The van der Waals surface area contributed by atoms with Crippen molar-refractivity contribution in [2.45, 2.75) is 13.8 Å². The van der Waals surface area contributed by atoms with E-state index < -0.39 is 0 Å². The van der Waals surface area contributed by atoms with E-state index in [1.807, 2.05) is 19.1 Å². The molecule has 0 bridgehead atoms. The summed E-state index contributed by atoms with van der Waals surface area (Å²) in [5.74, 6) is 1.20. The number of carbonyl (C=O) groups excluding carboxylic acids is 1. The standard InChI is InChI=1S/C14H13BrN2O2/c1-9-3-8-13(19-9)10(2)16-17-14(18)11-4-6-12(15)7-5-11/h3-8H,1-2H3,(H,17,18)/b16-10+. The van der Waals surface area contributed by atoms with Gasteiger partial charge in [0.1, 0.15) is 17.2 Å². The second-order valence-corrected chi connectivity index (χ2v) is 4.97. The fourth-order valence-electron chi connectivity index (χ4n) is 1.48. The van der Waals surface area contributed by atoms with Gasteiger partial charge >= 0.3 is 0 Å². The Hall–Kier alpha value is -1.88. The maximum atomic E-state index is 11.8. The zero-order chi connectivity index (χ0) is 13.8. The third-order valence-electron chi connectivity index (χ3n) is 2.53. The highest BCUT2D eigenvalue weighted by Gasteiger charge is 2.06. The van der Waals surface area contributed by atoms with Crippen LogP contribution in [0, 0.1) is 6.92 Å². The maximum Gasteiger partial charge on any atom is 0.271 e. The molecule has 0 unspecified atom stereocenters. The summed E-state index contributed by atoms with van der Waals surface area (Å²) in [5, 5.41) is 4.02. The maximum absolute atomic E-state index is 11.8. The highest BCUT2D eigenvalue weighted by atomic mass is 79.9. The molecule has 1 aromatic carbocycles. The zero-order valence-corrected chi connectivity index (χ0v) is 12.2. The fourth-order valence-corrected chi connectivity index (χ4v) is 1.75. The molecule has 0 fully saturated rings. The molecule has 1 N–H and O–H groups in total. The molecule has 1 aromatic heterocycles. The molecular formula is C14H13BrN2O2. The molecule has 2 aromatic rings. The lowest BCUT2D eigenvalue weighted by molar-refractivity contribution is 0.0955. The van der Waals surface area contributed by atoms with Crippen molar-refractivity contribution < 1.29 is 9.21 Å². The van der Waals surface area contributed by atoms with Gasteiger partial charge in [0, 0.05) is 10.0 Å². The van der Waals surface area contributed by atoms with Crippen molar-refractivity contribution in [1.29, 1.82) is 0 Å². The lowest BCUT2D eigenvalue weighted by Crippen LogP contribution is -2.19. The molecule has 0 spiro atoms. The largest absolute Gasteiger partial charge is 0.460 e. The van der Waals surface area contributed by atoms with Crippen LogP contribution in [0.3, 0.4) is 0 Å². The van der Waals surface area contributed by atoms with Crippen molar-refractivity contribution in [3.8, 4) is 0 Å². The normalized spacial score (nSPS) is 11.4. The SMILES string of the molecule is C/C(=N\NC(=O)c1ccc(Br)cc1)c1ccc(C)o1. The third kappa shape index (κ3) is 3.54. The van der Waals surface area contributed by atoms with Crippen LogP contribution >= 0.6 is 15.9 Å². The molecule has 0 saturated carbocycles. The second kappa shape index (κ2) is 5.84. The predicted molar refractivity (Wildman–Crippen MR) is 77.3 cm³/mol. The van der Waals surface area contributed by atoms with E-state index >= 15 is 0 Å². The number of benzene rings is 1. The number of nitrogens with one attached hydrogen (secondary N) is 1. The summed E-state index contributed by atoms with van der Waals surface area (Å²) in [5.41, 5.74) is 3.67. The summed E-state index contributed by atoms with van der Waals surface area (Å²) in [6.45, 7) is 3.64. The monoisotopic (exact) mass is 320 g/mol. The number of furan rings is 1. The van der Waals surface area contributed by atoms with Crippen LogP contribution in [0.25, 0.3) is 0 Å². The molecule has 0 radical (unpaired) electrons. The average molecular weight is 321 g/mol. The topological polar surface area (TPSA) is 54.6 Å². The number of hydrazone groups is 1. The number of carbonyl (C=O) groups is 1. The van der Waals surface area contributed by atoms with Crippen molar-refractivity contribution in [3.05, 3.63) is 58.0 Å². The quantitative estimate of drug-likeness (QED) is 0.695. The van der Waals surface area contributed by atoms with Gasteiger partial charge in [0.15, 0.2) is 0 Å². The van der Waals surface area contributed by atoms with Crippen molar-refractivity contribution in [1.82, 2.24) is 5.43 Å². The van der Waals surface area contributed by atoms with Crippen molar-refractivity contribution in [2.75, 3.05) is 0 Å². The lowest BCUT2D eigenvalue weighted by Gasteiger charge is -2.01. The van der Waals surface area contributed by atoms with Crippen LogP contribution < -0.4 is 5.43 Å². The van der Waals surface area contributed by atoms with E-state index in [1.165, 1.54) is 0 Å². The Morgan fingerprint density at radius 1 is 1.21 bits per heavy atom. The molecule has 4 nitrogen and oxygen atoms in total. The van der Waals surface area contributed by atoms with Crippen LogP contribution in [0.4, 0.5) is 0 Å². The Labute approximate surface area is 119 Å². The first kappa shape index (κ1) is 13.5. The number of aryl methyl sites for hydroxylation is 1. The molecule has 0 aliphatic rings. The number of hydrogen-bond donors (Lipinski definition) is 1. The Morgan fingerprint density at radius 2 is 1.89 bits per heavy atom. The Balaban J connectivity index is 2.05. The minimum Gasteiger partial charge on any atom is -0.460 e. The van der Waals surface area contributed by atoms with Gasteiger partial charge in [0.05, 0.1) is 0 Å². The first-order valence-electron chi connectivity index (χ1n) is 5.73. The summed E-state index contributed by atoms with van der Waals surface area (Å²) in [4.78, 5) is 11.8. The molecule has 2 rings (SSSR count). The smallest absolute Gasteiger partial charge is 0.271 e. The highest BCUT2D eigenvalue weighted by Crippen LogP contribution is 2.10. The molecule has 1 heterocycles. The molecular weight excluding hydrogens is 308 g/mol. The van der Waals surface area contributed by atoms with Crippen LogP contribution in [0.2, 0.25) is 0 Å². The van der Waals surface area contributed by atoms with Gasteiger partial charge in [-0.15, -0.1) is 0 Å². The van der Waals surface area contributed by atoms with Crippen LogP contribution in [0.5, 0.6) is 0 Å². The van der Waals surface area contributed by atoms with Gasteiger partial charge in [-0.05, 0) is 50.2 Å². The first-order valence-corrected chi connectivity index (χ1v) is 6.52. The minimum atomic E-state index is -0.255.